The molecule has 7 nitrogen and oxygen atoms in total. The number of rotatable bonds is 4. The number of hydrogen-bond donors (Lipinski definition) is 3. The summed E-state index contributed by atoms with van der Waals surface area (Å²) >= 11 is 0. The Bertz CT molecular complexity index is 1510. The Balaban J connectivity index is 1.45. The Kier molecular flexibility index (Phi) is 4.68. The fraction of sp³-hybridized carbons (Fsp3) is 0.333. The molecule has 3 N–H and O–H groups in total. The number of hydrogen-bond acceptors (Lipinski definition) is 6. The van der Waals surface area contributed by atoms with E-state index in [1.807, 2.05) is 30.7 Å². The third-order valence-electron chi connectivity index (χ3n) is 7.46. The van der Waals surface area contributed by atoms with Crippen LogP contribution in [-0.4, -0.2) is 44.1 Å². The lowest BCUT2D eigenvalue weighted by Gasteiger charge is -2.29. The number of nitrogens with zero attached hydrogens (tertiary/aromatic N) is 4. The molecular weight excluding hydrogens is 422 g/mol. The van der Waals surface area contributed by atoms with Gasteiger partial charge in [-0.3, -0.25) is 4.98 Å². The van der Waals surface area contributed by atoms with Gasteiger partial charge in [-0.2, -0.15) is 0 Å². The van der Waals surface area contributed by atoms with Gasteiger partial charge in [-0.05, 0) is 55.8 Å². The highest BCUT2D eigenvalue weighted by Gasteiger charge is 2.26. The zero-order valence-electron chi connectivity index (χ0n) is 19.0. The highest BCUT2D eigenvalue weighted by Crippen LogP contribution is 2.42. The highest BCUT2D eigenvalue weighted by molar-refractivity contribution is 6.12. The monoisotopic (exact) mass is 449 g/mol. The summed E-state index contributed by atoms with van der Waals surface area (Å²) in [4.78, 5) is 22.9. The summed E-state index contributed by atoms with van der Waals surface area (Å²) in [5, 5.41) is 10.6. The van der Waals surface area contributed by atoms with Crippen LogP contribution in [0.25, 0.3) is 44.2 Å². The van der Waals surface area contributed by atoms with E-state index in [0.29, 0.717) is 17.8 Å². The molecule has 7 rings (SSSR count). The summed E-state index contributed by atoms with van der Waals surface area (Å²) in [6, 6.07) is 10.7. The van der Waals surface area contributed by atoms with Gasteiger partial charge in [-0.25, -0.2) is 15.0 Å². The van der Waals surface area contributed by atoms with Gasteiger partial charge in [0.25, 0.3) is 0 Å². The van der Waals surface area contributed by atoms with E-state index in [-0.39, 0.29) is 0 Å². The molecule has 1 aromatic carbocycles. The summed E-state index contributed by atoms with van der Waals surface area (Å²) < 4.78 is 0. The van der Waals surface area contributed by atoms with Crippen LogP contribution in [0.1, 0.15) is 43.6 Å². The first-order chi connectivity index (χ1) is 16.8. The Morgan fingerprint density at radius 2 is 1.88 bits per heavy atom. The Labute approximate surface area is 197 Å². The van der Waals surface area contributed by atoms with Crippen LogP contribution >= 0.6 is 0 Å². The fourth-order valence-corrected chi connectivity index (χ4v) is 5.48. The second kappa shape index (κ2) is 8.02. The molecular formula is C27H27N7. The molecule has 7 heteroatoms. The smallest absolute Gasteiger partial charge is 0.163 e. The van der Waals surface area contributed by atoms with E-state index >= 15 is 0 Å². The van der Waals surface area contributed by atoms with Crippen LogP contribution in [0.3, 0.4) is 0 Å². The Morgan fingerprint density at radius 3 is 2.74 bits per heavy atom. The summed E-state index contributed by atoms with van der Waals surface area (Å²) in [5.41, 5.74) is 5.11. The van der Waals surface area contributed by atoms with Crippen LogP contribution in [0.5, 0.6) is 0 Å². The summed E-state index contributed by atoms with van der Waals surface area (Å²) in [6.45, 7) is 2.04. The van der Waals surface area contributed by atoms with Crippen molar-refractivity contribution in [3.8, 4) is 11.4 Å². The lowest BCUT2D eigenvalue weighted by Crippen LogP contribution is -2.38. The summed E-state index contributed by atoms with van der Waals surface area (Å²) in [7, 11) is 0. The number of benzene rings is 1. The molecule has 2 aliphatic rings. The first-order valence-electron chi connectivity index (χ1n) is 12.3. The number of nitrogens with one attached hydrogen (secondary N) is 3. The molecule has 0 bridgehead atoms. The lowest BCUT2D eigenvalue weighted by molar-refractivity contribution is 0.421. The van der Waals surface area contributed by atoms with Crippen LogP contribution in [0.4, 0.5) is 5.82 Å². The van der Waals surface area contributed by atoms with Crippen molar-refractivity contribution >= 4 is 38.7 Å². The van der Waals surface area contributed by atoms with Crippen molar-refractivity contribution in [2.45, 2.75) is 44.1 Å². The van der Waals surface area contributed by atoms with Crippen LogP contribution in [0.2, 0.25) is 0 Å². The van der Waals surface area contributed by atoms with Gasteiger partial charge in [-0.1, -0.05) is 24.6 Å². The van der Waals surface area contributed by atoms with Gasteiger partial charge in [0.15, 0.2) is 5.82 Å². The zero-order chi connectivity index (χ0) is 22.5. The molecule has 1 aliphatic carbocycles. The van der Waals surface area contributed by atoms with Crippen molar-refractivity contribution in [2.75, 3.05) is 18.4 Å². The molecule has 5 aromatic rings. The first-order valence-corrected chi connectivity index (χ1v) is 12.3. The van der Waals surface area contributed by atoms with Crippen LogP contribution in [0, 0.1) is 0 Å². The van der Waals surface area contributed by atoms with Crippen molar-refractivity contribution < 1.29 is 0 Å². The molecule has 1 atom stereocenters. The molecule has 0 spiro atoms. The molecule has 1 saturated carbocycles. The van der Waals surface area contributed by atoms with E-state index in [1.54, 1.807) is 0 Å². The molecule has 0 unspecified atom stereocenters. The third kappa shape index (κ3) is 3.22. The minimum absolute atomic E-state index is 0.354. The fourth-order valence-electron chi connectivity index (χ4n) is 5.48. The van der Waals surface area contributed by atoms with E-state index in [0.717, 1.165) is 63.7 Å². The standard InChI is InChI=1S/C27H27N7/c1-2-9-21-18(8-1)23-19(10-12-30-26(23)32-21)25-33-22-15-29-14-20(16-5-3-6-16)24(22)27(34-25)31-17-7-4-11-28-13-17/h1-2,8-10,12,14-17,28H,3-7,11,13H2,(H,30,32)(H,31,33,34)/t17-/m1/s1. The minimum atomic E-state index is 0.354. The predicted octanol–water partition coefficient (Wildman–Crippen LogP) is 5.15. The summed E-state index contributed by atoms with van der Waals surface area (Å²) in [6.07, 6.45) is 11.8. The lowest BCUT2D eigenvalue weighted by atomic mass is 9.79. The van der Waals surface area contributed by atoms with E-state index in [2.05, 4.69) is 43.8 Å². The molecule has 1 saturated heterocycles. The van der Waals surface area contributed by atoms with E-state index in [9.17, 15) is 0 Å². The first kappa shape index (κ1) is 19.9. The van der Waals surface area contributed by atoms with E-state index in [4.69, 9.17) is 9.97 Å². The highest BCUT2D eigenvalue weighted by atomic mass is 15.1. The summed E-state index contributed by atoms with van der Waals surface area (Å²) in [5.74, 6) is 2.20. The number of piperidine rings is 1. The SMILES string of the molecule is c1ccc2c(c1)[nH]c1nccc(-c3nc(N[C@@H]4CCCNC4)c4c(C5CCC5)cncc4n3)c12. The van der Waals surface area contributed by atoms with E-state index in [1.165, 1.54) is 31.2 Å². The topological polar surface area (TPSA) is 91.4 Å². The maximum Gasteiger partial charge on any atom is 0.163 e. The normalized spacial score (nSPS) is 19.0. The van der Waals surface area contributed by atoms with Crippen LogP contribution < -0.4 is 10.6 Å². The van der Waals surface area contributed by atoms with Gasteiger partial charge in [0.1, 0.15) is 11.5 Å². The second-order valence-electron chi connectivity index (χ2n) is 9.59. The van der Waals surface area contributed by atoms with Gasteiger partial charge < -0.3 is 15.6 Å². The largest absolute Gasteiger partial charge is 0.365 e. The quantitative estimate of drug-likeness (QED) is 0.351. The average molecular weight is 450 g/mol. The number of H-pyrrole nitrogens is 1. The molecule has 0 radical (unpaired) electrons. The van der Waals surface area contributed by atoms with E-state index < -0.39 is 0 Å². The third-order valence-corrected chi connectivity index (χ3v) is 7.46. The Hall–Kier alpha value is -3.58. The zero-order valence-corrected chi connectivity index (χ0v) is 19.0. The molecule has 4 aromatic heterocycles. The van der Waals surface area contributed by atoms with Crippen LogP contribution in [-0.2, 0) is 0 Å². The van der Waals surface area contributed by atoms with Crippen molar-refractivity contribution in [3.05, 3.63) is 54.5 Å². The second-order valence-corrected chi connectivity index (χ2v) is 9.59. The number of anilines is 1. The van der Waals surface area contributed by atoms with Crippen molar-refractivity contribution in [1.82, 2.24) is 30.2 Å². The van der Waals surface area contributed by atoms with Gasteiger partial charge in [0.05, 0.1) is 11.7 Å². The molecule has 170 valence electrons. The van der Waals surface area contributed by atoms with Crippen molar-refractivity contribution in [2.24, 2.45) is 0 Å². The molecule has 5 heterocycles. The minimum Gasteiger partial charge on any atom is -0.365 e. The number of fused-ring (bicyclic) bond motifs is 4. The predicted molar refractivity (Wildman–Crippen MR) is 136 cm³/mol. The van der Waals surface area contributed by atoms with Gasteiger partial charge in [0, 0.05) is 52.2 Å². The van der Waals surface area contributed by atoms with Gasteiger partial charge in [0.2, 0.25) is 0 Å². The number of pyridine rings is 2. The van der Waals surface area contributed by atoms with Gasteiger partial charge in [-0.15, -0.1) is 0 Å². The molecule has 0 amide bonds. The van der Waals surface area contributed by atoms with Gasteiger partial charge >= 0.3 is 0 Å². The molecule has 2 fully saturated rings. The van der Waals surface area contributed by atoms with Crippen molar-refractivity contribution in [3.63, 3.8) is 0 Å². The molecule has 1 aliphatic heterocycles. The average Bonchev–Trinajstić information content (AvgIpc) is 3.22. The number of aromatic amines is 1. The Morgan fingerprint density at radius 1 is 0.941 bits per heavy atom. The maximum absolute atomic E-state index is 5.18. The molecule has 34 heavy (non-hydrogen) atoms. The maximum atomic E-state index is 5.18. The number of para-hydroxylation sites is 1. The van der Waals surface area contributed by atoms with Crippen LogP contribution in [0.15, 0.2) is 48.9 Å². The number of aromatic nitrogens is 5. The van der Waals surface area contributed by atoms with Crippen molar-refractivity contribution in [1.29, 1.82) is 0 Å².